The van der Waals surface area contributed by atoms with Gasteiger partial charge in [0, 0.05) is 45.3 Å². The van der Waals surface area contributed by atoms with Crippen LogP contribution in [0.1, 0.15) is 19.3 Å². The van der Waals surface area contributed by atoms with Gasteiger partial charge in [-0.15, -0.1) is 0 Å². The third-order valence-electron chi connectivity index (χ3n) is 3.61. The SMILES string of the molecule is C1CNCCN1.Oc1ccc(O)c(N2CCCCC2)c1. The summed E-state index contributed by atoms with van der Waals surface area (Å²) in [5, 5.41) is 25.4. The van der Waals surface area contributed by atoms with Crippen LogP contribution in [0.2, 0.25) is 0 Å². The highest BCUT2D eigenvalue weighted by molar-refractivity contribution is 5.60. The average molecular weight is 279 g/mol. The maximum absolute atomic E-state index is 9.63. The van der Waals surface area contributed by atoms with Crippen molar-refractivity contribution in [2.75, 3.05) is 44.2 Å². The molecule has 0 amide bonds. The molecule has 4 N–H and O–H groups in total. The van der Waals surface area contributed by atoms with E-state index >= 15 is 0 Å². The minimum Gasteiger partial charge on any atom is -0.508 e. The Morgan fingerprint density at radius 3 is 2.00 bits per heavy atom. The number of hydrogen-bond donors (Lipinski definition) is 4. The number of rotatable bonds is 1. The predicted molar refractivity (Wildman–Crippen MR) is 81.6 cm³/mol. The van der Waals surface area contributed by atoms with Crippen LogP contribution in [0.25, 0.3) is 0 Å². The van der Waals surface area contributed by atoms with Crippen LogP contribution >= 0.6 is 0 Å². The Morgan fingerprint density at radius 1 is 0.850 bits per heavy atom. The van der Waals surface area contributed by atoms with Gasteiger partial charge in [-0.2, -0.15) is 0 Å². The number of benzene rings is 1. The second-order valence-corrected chi connectivity index (χ2v) is 5.22. The van der Waals surface area contributed by atoms with E-state index in [1.807, 2.05) is 0 Å². The third kappa shape index (κ3) is 4.58. The lowest BCUT2D eigenvalue weighted by molar-refractivity contribution is 0.456. The predicted octanol–water partition coefficient (Wildman–Crippen LogP) is 1.27. The van der Waals surface area contributed by atoms with Gasteiger partial charge in [-0.25, -0.2) is 0 Å². The second kappa shape index (κ2) is 7.97. The molecule has 0 bridgehead atoms. The molecule has 0 atom stereocenters. The summed E-state index contributed by atoms with van der Waals surface area (Å²) in [5.74, 6) is 0.466. The molecular weight excluding hydrogens is 254 g/mol. The van der Waals surface area contributed by atoms with E-state index in [2.05, 4.69) is 15.5 Å². The third-order valence-corrected chi connectivity index (χ3v) is 3.61. The van der Waals surface area contributed by atoms with Crippen LogP contribution in [0.15, 0.2) is 18.2 Å². The van der Waals surface area contributed by atoms with Gasteiger partial charge < -0.3 is 25.7 Å². The average Bonchev–Trinajstić information content (AvgIpc) is 2.53. The Bertz CT molecular complexity index is 391. The first-order chi connectivity index (χ1) is 9.77. The zero-order valence-corrected chi connectivity index (χ0v) is 11.9. The van der Waals surface area contributed by atoms with E-state index in [1.54, 1.807) is 12.1 Å². The summed E-state index contributed by atoms with van der Waals surface area (Å²) in [6, 6.07) is 4.67. The maximum Gasteiger partial charge on any atom is 0.139 e. The standard InChI is InChI=1S/C11H15NO2.C4H10N2/c13-9-4-5-11(14)10(8-9)12-6-2-1-3-7-12;1-2-6-4-3-5-1/h4-5,8,13-14H,1-3,6-7H2;5-6H,1-4H2. The molecule has 112 valence electrons. The van der Waals surface area contributed by atoms with Crippen molar-refractivity contribution in [3.63, 3.8) is 0 Å². The van der Waals surface area contributed by atoms with Crippen molar-refractivity contribution >= 4 is 5.69 Å². The molecule has 0 radical (unpaired) electrons. The molecule has 2 heterocycles. The summed E-state index contributed by atoms with van der Waals surface area (Å²) in [4.78, 5) is 2.12. The number of phenolic OH excluding ortho intramolecular Hbond substituents is 2. The summed E-state index contributed by atoms with van der Waals surface area (Å²) in [6.07, 6.45) is 3.58. The maximum atomic E-state index is 9.63. The summed E-state index contributed by atoms with van der Waals surface area (Å²) in [7, 11) is 0. The van der Waals surface area contributed by atoms with Gasteiger partial charge in [0.05, 0.1) is 5.69 Å². The minimum absolute atomic E-state index is 0.211. The summed E-state index contributed by atoms with van der Waals surface area (Å²) in [6.45, 7) is 6.49. The van der Waals surface area contributed by atoms with Crippen molar-refractivity contribution in [1.29, 1.82) is 0 Å². The molecule has 1 aromatic rings. The molecule has 2 saturated heterocycles. The van der Waals surface area contributed by atoms with E-state index in [4.69, 9.17) is 0 Å². The zero-order chi connectivity index (χ0) is 14.2. The fourth-order valence-corrected chi connectivity index (χ4v) is 2.50. The lowest BCUT2D eigenvalue weighted by atomic mass is 10.1. The number of nitrogens with one attached hydrogen (secondary N) is 2. The summed E-state index contributed by atoms with van der Waals surface area (Å²) in [5.41, 5.74) is 0.754. The number of nitrogens with zero attached hydrogens (tertiary/aromatic N) is 1. The minimum atomic E-state index is 0.211. The number of phenols is 2. The highest BCUT2D eigenvalue weighted by atomic mass is 16.3. The van der Waals surface area contributed by atoms with Crippen molar-refractivity contribution in [2.24, 2.45) is 0 Å². The highest BCUT2D eigenvalue weighted by Crippen LogP contribution is 2.32. The van der Waals surface area contributed by atoms with Crippen LogP contribution in [0.4, 0.5) is 5.69 Å². The molecule has 3 rings (SSSR count). The molecule has 2 aliphatic rings. The highest BCUT2D eigenvalue weighted by Gasteiger charge is 2.14. The van der Waals surface area contributed by atoms with Gasteiger partial charge >= 0.3 is 0 Å². The van der Waals surface area contributed by atoms with Crippen molar-refractivity contribution in [1.82, 2.24) is 10.6 Å². The molecule has 1 aromatic carbocycles. The molecule has 0 unspecified atom stereocenters. The molecule has 0 aliphatic carbocycles. The zero-order valence-electron chi connectivity index (χ0n) is 11.9. The number of hydrogen-bond acceptors (Lipinski definition) is 5. The molecule has 2 aliphatic heterocycles. The van der Waals surface area contributed by atoms with Crippen molar-refractivity contribution in [3.8, 4) is 11.5 Å². The Hall–Kier alpha value is -1.46. The van der Waals surface area contributed by atoms with Gasteiger partial charge in [0.25, 0.3) is 0 Å². The van der Waals surface area contributed by atoms with E-state index in [1.165, 1.54) is 12.5 Å². The van der Waals surface area contributed by atoms with E-state index in [0.717, 1.165) is 57.8 Å². The normalized spacial score (nSPS) is 19.1. The van der Waals surface area contributed by atoms with Crippen LogP contribution in [0.3, 0.4) is 0 Å². The summed E-state index contributed by atoms with van der Waals surface area (Å²) >= 11 is 0. The van der Waals surface area contributed by atoms with Gasteiger partial charge in [0.1, 0.15) is 11.5 Å². The molecule has 0 saturated carbocycles. The molecule has 0 spiro atoms. The van der Waals surface area contributed by atoms with Gasteiger partial charge in [0.2, 0.25) is 0 Å². The van der Waals surface area contributed by atoms with Gasteiger partial charge in [-0.05, 0) is 31.4 Å². The topological polar surface area (TPSA) is 67.8 Å². The number of piperazine rings is 1. The molecular formula is C15H25N3O2. The molecule has 5 nitrogen and oxygen atoms in total. The smallest absolute Gasteiger partial charge is 0.139 e. The molecule has 5 heteroatoms. The fraction of sp³-hybridized carbons (Fsp3) is 0.600. The monoisotopic (exact) mass is 279 g/mol. The fourth-order valence-electron chi connectivity index (χ4n) is 2.50. The number of anilines is 1. The molecule has 0 aromatic heterocycles. The van der Waals surface area contributed by atoms with E-state index in [0.29, 0.717) is 0 Å². The van der Waals surface area contributed by atoms with E-state index in [9.17, 15) is 10.2 Å². The Morgan fingerprint density at radius 2 is 1.45 bits per heavy atom. The largest absolute Gasteiger partial charge is 0.508 e. The molecule has 20 heavy (non-hydrogen) atoms. The first kappa shape index (κ1) is 14.9. The van der Waals surface area contributed by atoms with E-state index < -0.39 is 0 Å². The second-order valence-electron chi connectivity index (χ2n) is 5.22. The van der Waals surface area contributed by atoms with Crippen molar-refractivity contribution in [2.45, 2.75) is 19.3 Å². The van der Waals surface area contributed by atoms with Crippen LogP contribution < -0.4 is 15.5 Å². The number of piperidine rings is 1. The van der Waals surface area contributed by atoms with Gasteiger partial charge in [-0.3, -0.25) is 0 Å². The van der Waals surface area contributed by atoms with Crippen LogP contribution in [-0.2, 0) is 0 Å². The summed E-state index contributed by atoms with van der Waals surface area (Å²) < 4.78 is 0. The van der Waals surface area contributed by atoms with Crippen LogP contribution in [0, 0.1) is 0 Å². The lowest BCUT2D eigenvalue weighted by Crippen LogP contribution is -2.39. The van der Waals surface area contributed by atoms with Crippen molar-refractivity contribution < 1.29 is 10.2 Å². The lowest BCUT2D eigenvalue weighted by Gasteiger charge is -2.29. The van der Waals surface area contributed by atoms with Crippen LogP contribution in [0.5, 0.6) is 11.5 Å². The number of aromatic hydroxyl groups is 2. The van der Waals surface area contributed by atoms with Gasteiger partial charge in [0.15, 0.2) is 0 Å². The van der Waals surface area contributed by atoms with E-state index in [-0.39, 0.29) is 11.5 Å². The van der Waals surface area contributed by atoms with Crippen LogP contribution in [-0.4, -0.2) is 49.5 Å². The quantitative estimate of drug-likeness (QED) is 0.583. The first-order valence-electron chi connectivity index (χ1n) is 7.46. The Kier molecular flexibility index (Phi) is 5.95. The Balaban J connectivity index is 0.000000205. The van der Waals surface area contributed by atoms with Gasteiger partial charge in [-0.1, -0.05) is 0 Å². The van der Waals surface area contributed by atoms with Crippen molar-refractivity contribution in [3.05, 3.63) is 18.2 Å². The first-order valence-corrected chi connectivity index (χ1v) is 7.46. The Labute approximate surface area is 120 Å². The molecule has 2 fully saturated rings.